The van der Waals surface area contributed by atoms with E-state index in [4.69, 9.17) is 5.11 Å². The molecule has 0 radical (unpaired) electrons. The van der Waals surface area contributed by atoms with E-state index in [-0.39, 0.29) is 24.6 Å². The summed E-state index contributed by atoms with van der Waals surface area (Å²) in [5.41, 5.74) is -0.569. The molecule has 0 aliphatic heterocycles. The minimum absolute atomic E-state index is 0.0172. The lowest BCUT2D eigenvalue weighted by atomic mass is 9.83. The van der Waals surface area contributed by atoms with Crippen molar-refractivity contribution in [2.75, 3.05) is 6.61 Å². The number of aliphatic hydroxyl groups is 1. The van der Waals surface area contributed by atoms with E-state index in [9.17, 15) is 9.59 Å². The Bertz CT molecular complexity index is 182. The highest BCUT2D eigenvalue weighted by Gasteiger charge is 2.27. The lowest BCUT2D eigenvalue weighted by Crippen LogP contribution is -2.26. The van der Waals surface area contributed by atoms with Gasteiger partial charge in [-0.1, -0.05) is 13.8 Å². The lowest BCUT2D eigenvalue weighted by molar-refractivity contribution is -0.132. The summed E-state index contributed by atoms with van der Waals surface area (Å²) in [6, 6.07) is 0. The highest BCUT2D eigenvalue weighted by atomic mass is 16.3. The van der Waals surface area contributed by atoms with E-state index in [2.05, 4.69) is 0 Å². The Morgan fingerprint density at radius 3 is 2.17 bits per heavy atom. The molecule has 0 aliphatic carbocycles. The van der Waals surface area contributed by atoms with Gasteiger partial charge in [-0.05, 0) is 13.3 Å². The van der Waals surface area contributed by atoms with Crippen molar-refractivity contribution in [1.29, 1.82) is 0 Å². The number of Topliss-reactive ketones (excluding diaryl/α,β-unsaturated/α-hetero) is 2. The van der Waals surface area contributed by atoms with Crippen LogP contribution < -0.4 is 0 Å². The topological polar surface area (TPSA) is 54.4 Å². The number of rotatable bonds is 5. The van der Waals surface area contributed by atoms with Crippen LogP contribution in [0.1, 0.15) is 33.6 Å². The molecule has 12 heavy (non-hydrogen) atoms. The van der Waals surface area contributed by atoms with Crippen LogP contribution in [0, 0.1) is 5.41 Å². The predicted molar refractivity (Wildman–Crippen MR) is 45.8 cm³/mol. The molecule has 0 heterocycles. The first-order chi connectivity index (χ1) is 5.40. The molecule has 0 bridgehead atoms. The van der Waals surface area contributed by atoms with Crippen LogP contribution in [0.4, 0.5) is 0 Å². The van der Waals surface area contributed by atoms with Crippen molar-refractivity contribution in [2.45, 2.75) is 33.6 Å². The lowest BCUT2D eigenvalue weighted by Gasteiger charge is -2.20. The summed E-state index contributed by atoms with van der Waals surface area (Å²) in [5, 5.41) is 8.65. The molecule has 0 aromatic rings. The fourth-order valence-corrected chi connectivity index (χ4v) is 0.884. The fraction of sp³-hybridized carbons (Fsp3) is 0.778. The zero-order chi connectivity index (χ0) is 9.78. The molecule has 0 spiro atoms. The normalized spacial score (nSPS) is 11.3. The van der Waals surface area contributed by atoms with Crippen LogP contribution in [0.15, 0.2) is 0 Å². The summed E-state index contributed by atoms with van der Waals surface area (Å²) in [6.45, 7) is 4.87. The molecule has 1 N–H and O–H groups in total. The maximum atomic E-state index is 11.3. The third-order valence-electron chi connectivity index (χ3n) is 1.90. The Balaban J connectivity index is 4.15. The summed E-state index contributed by atoms with van der Waals surface area (Å²) in [7, 11) is 0. The Morgan fingerprint density at radius 2 is 1.83 bits per heavy atom. The van der Waals surface area contributed by atoms with E-state index >= 15 is 0 Å². The van der Waals surface area contributed by atoms with Crippen molar-refractivity contribution < 1.29 is 14.7 Å². The smallest absolute Gasteiger partial charge is 0.145 e. The maximum absolute atomic E-state index is 11.3. The SMILES string of the molecule is CC(=O)CC(=O)C(C)(C)CCO. The first kappa shape index (κ1) is 11.3. The molecule has 0 rings (SSSR count). The molecule has 0 unspecified atom stereocenters. The van der Waals surface area contributed by atoms with Gasteiger partial charge in [-0.2, -0.15) is 0 Å². The molecular weight excluding hydrogens is 156 g/mol. The van der Waals surface area contributed by atoms with Crippen molar-refractivity contribution in [2.24, 2.45) is 5.41 Å². The number of aliphatic hydroxyl groups excluding tert-OH is 1. The monoisotopic (exact) mass is 172 g/mol. The summed E-state index contributed by atoms with van der Waals surface area (Å²) in [5.74, 6) is -0.213. The van der Waals surface area contributed by atoms with Crippen molar-refractivity contribution >= 4 is 11.6 Å². The van der Waals surface area contributed by atoms with Crippen LogP contribution in [-0.2, 0) is 9.59 Å². The molecule has 0 saturated carbocycles. The van der Waals surface area contributed by atoms with E-state index < -0.39 is 5.41 Å². The number of carbonyl (C=O) groups excluding carboxylic acids is 2. The largest absolute Gasteiger partial charge is 0.396 e. The van der Waals surface area contributed by atoms with E-state index in [0.29, 0.717) is 6.42 Å². The molecule has 0 atom stereocenters. The predicted octanol–water partition coefficient (Wildman–Crippen LogP) is 0.943. The molecular formula is C9H16O3. The third kappa shape index (κ3) is 3.62. The van der Waals surface area contributed by atoms with Crippen LogP contribution >= 0.6 is 0 Å². The summed E-state index contributed by atoms with van der Waals surface area (Å²) < 4.78 is 0. The van der Waals surface area contributed by atoms with Gasteiger partial charge in [0.25, 0.3) is 0 Å². The van der Waals surface area contributed by atoms with Crippen molar-refractivity contribution in [3.8, 4) is 0 Å². The van der Waals surface area contributed by atoms with Crippen LogP contribution in [0.3, 0.4) is 0 Å². The van der Waals surface area contributed by atoms with Crippen molar-refractivity contribution in [3.05, 3.63) is 0 Å². The molecule has 0 aromatic carbocycles. The van der Waals surface area contributed by atoms with Crippen LogP contribution in [0.25, 0.3) is 0 Å². The van der Waals surface area contributed by atoms with E-state index in [1.54, 1.807) is 13.8 Å². The van der Waals surface area contributed by atoms with Gasteiger partial charge >= 0.3 is 0 Å². The minimum Gasteiger partial charge on any atom is -0.396 e. The average Bonchev–Trinajstić information content (AvgIpc) is 1.85. The Hall–Kier alpha value is -0.700. The van der Waals surface area contributed by atoms with Gasteiger partial charge in [0.2, 0.25) is 0 Å². The molecule has 70 valence electrons. The first-order valence-electron chi connectivity index (χ1n) is 4.04. The average molecular weight is 172 g/mol. The first-order valence-corrected chi connectivity index (χ1v) is 4.04. The van der Waals surface area contributed by atoms with Crippen LogP contribution in [-0.4, -0.2) is 23.3 Å². The van der Waals surface area contributed by atoms with Gasteiger partial charge in [0.15, 0.2) is 0 Å². The maximum Gasteiger partial charge on any atom is 0.145 e. The highest BCUT2D eigenvalue weighted by Crippen LogP contribution is 2.22. The Labute approximate surface area is 72.8 Å². The molecule has 0 amide bonds. The standard InChI is InChI=1S/C9H16O3/c1-7(11)6-8(12)9(2,3)4-5-10/h10H,4-6H2,1-3H3. The minimum atomic E-state index is -0.569. The van der Waals surface area contributed by atoms with Crippen LogP contribution in [0.2, 0.25) is 0 Å². The highest BCUT2D eigenvalue weighted by molar-refractivity contribution is 6.00. The number of hydrogen-bond acceptors (Lipinski definition) is 3. The Morgan fingerprint density at radius 1 is 1.33 bits per heavy atom. The Kier molecular flexibility index (Phi) is 4.10. The van der Waals surface area contributed by atoms with Gasteiger partial charge in [0.1, 0.15) is 11.6 Å². The van der Waals surface area contributed by atoms with Gasteiger partial charge in [0, 0.05) is 12.0 Å². The van der Waals surface area contributed by atoms with Crippen molar-refractivity contribution in [1.82, 2.24) is 0 Å². The molecule has 0 aliphatic rings. The van der Waals surface area contributed by atoms with E-state index in [1.165, 1.54) is 6.92 Å². The summed E-state index contributed by atoms with van der Waals surface area (Å²) in [4.78, 5) is 22.0. The van der Waals surface area contributed by atoms with Gasteiger partial charge in [-0.3, -0.25) is 9.59 Å². The number of ketones is 2. The zero-order valence-corrected chi connectivity index (χ0v) is 7.89. The third-order valence-corrected chi connectivity index (χ3v) is 1.90. The van der Waals surface area contributed by atoms with E-state index in [1.807, 2.05) is 0 Å². The molecule has 0 fully saturated rings. The van der Waals surface area contributed by atoms with Gasteiger partial charge < -0.3 is 5.11 Å². The second kappa shape index (κ2) is 4.36. The second-order valence-corrected chi connectivity index (χ2v) is 3.66. The van der Waals surface area contributed by atoms with Gasteiger partial charge in [-0.25, -0.2) is 0 Å². The quantitative estimate of drug-likeness (QED) is 0.628. The van der Waals surface area contributed by atoms with Crippen LogP contribution in [0.5, 0.6) is 0 Å². The summed E-state index contributed by atoms with van der Waals surface area (Å²) >= 11 is 0. The molecule has 0 aromatic heterocycles. The second-order valence-electron chi connectivity index (χ2n) is 3.66. The van der Waals surface area contributed by atoms with Gasteiger partial charge in [-0.15, -0.1) is 0 Å². The van der Waals surface area contributed by atoms with Gasteiger partial charge in [0.05, 0.1) is 6.42 Å². The van der Waals surface area contributed by atoms with E-state index in [0.717, 1.165) is 0 Å². The number of carbonyl (C=O) groups is 2. The van der Waals surface area contributed by atoms with Crippen molar-refractivity contribution in [3.63, 3.8) is 0 Å². The summed E-state index contributed by atoms with van der Waals surface area (Å²) in [6.07, 6.45) is 0.395. The fourth-order valence-electron chi connectivity index (χ4n) is 0.884. The molecule has 0 saturated heterocycles. The number of hydrogen-bond donors (Lipinski definition) is 1. The zero-order valence-electron chi connectivity index (χ0n) is 7.89. The molecule has 3 heteroatoms. The molecule has 3 nitrogen and oxygen atoms in total.